The van der Waals surface area contributed by atoms with E-state index < -0.39 is 0 Å². The number of nitrogens with two attached hydrogens (primary N) is 1. The van der Waals surface area contributed by atoms with E-state index in [0.29, 0.717) is 6.67 Å². The van der Waals surface area contributed by atoms with Gasteiger partial charge in [0, 0.05) is 0 Å². The van der Waals surface area contributed by atoms with Gasteiger partial charge < -0.3 is 4.84 Å². The molecule has 4 heteroatoms. The van der Waals surface area contributed by atoms with Crippen LogP contribution in [0.25, 0.3) is 0 Å². The first-order chi connectivity index (χ1) is 2.89. The molecule has 4 nitrogen and oxygen atoms in total. The minimum Gasteiger partial charge on any atom is -0.378 e. The van der Waals surface area contributed by atoms with E-state index >= 15 is 0 Å². The van der Waals surface area contributed by atoms with Crippen LogP contribution in [-0.2, 0) is 4.84 Å². The normalized spacial score (nSPS) is 21.5. The quantitative estimate of drug-likeness (QED) is 0.389. The first-order valence-corrected chi connectivity index (χ1v) is 1.57. The summed E-state index contributed by atoms with van der Waals surface area (Å²) in [5.74, 6) is 5.02. The van der Waals surface area contributed by atoms with Crippen molar-refractivity contribution in [2.45, 2.75) is 0 Å². The molecule has 0 aliphatic carbocycles. The van der Waals surface area contributed by atoms with Crippen LogP contribution in [-0.4, -0.2) is 18.2 Å². The Balaban J connectivity index is 2.32. The molecule has 0 spiro atoms. The molecule has 0 saturated carbocycles. The predicted octanol–water partition coefficient (Wildman–Crippen LogP) is -0.907. The van der Waals surface area contributed by atoms with E-state index in [-0.39, 0.29) is 0 Å². The van der Waals surface area contributed by atoms with Gasteiger partial charge in [-0.1, -0.05) is 5.17 Å². The van der Waals surface area contributed by atoms with Crippen LogP contribution in [0.15, 0.2) is 4.99 Å². The van der Waals surface area contributed by atoms with Crippen molar-refractivity contribution in [3.05, 3.63) is 0 Å². The Bertz CT molecular complexity index is 63.2. The molecule has 0 saturated heterocycles. The maximum absolute atomic E-state index is 5.02. The van der Waals surface area contributed by atoms with E-state index in [0.717, 1.165) is 5.17 Å². The molecule has 0 aromatic carbocycles. The average molecular weight is 87.1 g/mol. The lowest BCUT2D eigenvalue weighted by Crippen LogP contribution is -2.25. The van der Waals surface area contributed by atoms with Crippen molar-refractivity contribution in [2.75, 3.05) is 6.67 Å². The topological polar surface area (TPSA) is 50.8 Å². The van der Waals surface area contributed by atoms with E-state index in [1.807, 2.05) is 0 Å². The minimum atomic E-state index is 0.444. The van der Waals surface area contributed by atoms with E-state index in [1.165, 1.54) is 6.40 Å². The highest BCUT2D eigenvalue weighted by molar-refractivity contribution is 5.46. The number of hydroxylamine groups is 1. The molecule has 0 aromatic rings. The molecule has 0 unspecified atom stereocenters. The van der Waals surface area contributed by atoms with Crippen LogP contribution in [0.5, 0.6) is 0 Å². The highest BCUT2D eigenvalue weighted by Gasteiger charge is 1.97. The number of nitrogens with zero attached hydrogens (tertiary/aromatic N) is 2. The van der Waals surface area contributed by atoms with Gasteiger partial charge in [-0.2, -0.15) is 0 Å². The van der Waals surface area contributed by atoms with Crippen molar-refractivity contribution in [1.82, 2.24) is 5.17 Å². The Morgan fingerprint density at radius 1 is 2.00 bits per heavy atom. The fourth-order valence-corrected chi connectivity index (χ4v) is 0.241. The molecule has 0 fully saturated rings. The molecular weight excluding hydrogens is 82.0 g/mol. The number of hydrazine groups is 1. The molecule has 0 atom stereocenters. The van der Waals surface area contributed by atoms with Crippen molar-refractivity contribution >= 4 is 6.40 Å². The lowest BCUT2D eigenvalue weighted by molar-refractivity contribution is -0.0447. The van der Waals surface area contributed by atoms with E-state index in [9.17, 15) is 0 Å². The van der Waals surface area contributed by atoms with Crippen LogP contribution in [0.1, 0.15) is 0 Å². The van der Waals surface area contributed by atoms with Gasteiger partial charge in [0.05, 0.1) is 0 Å². The maximum Gasteiger partial charge on any atom is 0.200 e. The first kappa shape index (κ1) is 3.58. The molecule has 0 radical (unpaired) electrons. The lowest BCUT2D eigenvalue weighted by Gasteiger charge is -1.99. The molecule has 1 aliphatic rings. The van der Waals surface area contributed by atoms with Crippen LogP contribution in [0.3, 0.4) is 0 Å². The van der Waals surface area contributed by atoms with Gasteiger partial charge in [0.15, 0.2) is 6.40 Å². The Morgan fingerprint density at radius 2 is 2.83 bits per heavy atom. The Morgan fingerprint density at radius 3 is 3.00 bits per heavy atom. The van der Waals surface area contributed by atoms with Gasteiger partial charge >= 0.3 is 0 Å². The Hall–Kier alpha value is -0.610. The number of rotatable bonds is 0. The Labute approximate surface area is 35.1 Å². The van der Waals surface area contributed by atoms with Gasteiger partial charge in [0.2, 0.25) is 0 Å². The molecule has 0 amide bonds. The standard InChI is InChI=1S/C2H5N3O/c3-5-1-4-2-6-5/h2H,1,3H2. The summed E-state index contributed by atoms with van der Waals surface area (Å²) < 4.78 is 0. The minimum absolute atomic E-state index is 0.444. The highest BCUT2D eigenvalue weighted by atomic mass is 16.7. The lowest BCUT2D eigenvalue weighted by atomic mass is 11.2. The van der Waals surface area contributed by atoms with E-state index in [4.69, 9.17) is 5.84 Å². The summed E-state index contributed by atoms with van der Waals surface area (Å²) >= 11 is 0. The second-order valence-electron chi connectivity index (χ2n) is 0.952. The third-order valence-electron chi connectivity index (χ3n) is 0.478. The van der Waals surface area contributed by atoms with E-state index in [2.05, 4.69) is 9.83 Å². The molecule has 1 heterocycles. The molecule has 1 aliphatic heterocycles. The first-order valence-electron chi connectivity index (χ1n) is 1.57. The second kappa shape index (κ2) is 1.24. The van der Waals surface area contributed by atoms with Crippen molar-refractivity contribution in [2.24, 2.45) is 10.8 Å². The summed E-state index contributed by atoms with van der Waals surface area (Å²) in [5, 5.41) is 1.14. The average Bonchev–Trinajstić information content (AvgIpc) is 1.86. The highest BCUT2D eigenvalue weighted by Crippen LogP contribution is 1.84. The summed E-state index contributed by atoms with van der Waals surface area (Å²) in [6, 6.07) is 0. The van der Waals surface area contributed by atoms with Gasteiger partial charge in [0.25, 0.3) is 0 Å². The summed E-state index contributed by atoms with van der Waals surface area (Å²) in [4.78, 5) is 8.09. The third kappa shape index (κ3) is 0.474. The fourth-order valence-electron chi connectivity index (χ4n) is 0.241. The maximum atomic E-state index is 5.02. The SMILES string of the molecule is NN1CN=CO1. The van der Waals surface area contributed by atoms with Gasteiger partial charge in [-0.05, 0) is 0 Å². The molecule has 34 valence electrons. The summed E-state index contributed by atoms with van der Waals surface area (Å²) in [7, 11) is 0. The third-order valence-corrected chi connectivity index (χ3v) is 0.478. The Kier molecular flexibility index (Phi) is 0.736. The van der Waals surface area contributed by atoms with Crippen LogP contribution < -0.4 is 5.84 Å². The van der Waals surface area contributed by atoms with Gasteiger partial charge in [-0.25, -0.2) is 10.8 Å². The van der Waals surface area contributed by atoms with Crippen LogP contribution in [0.4, 0.5) is 0 Å². The number of aliphatic imine (C=N–C) groups is 1. The zero-order chi connectivity index (χ0) is 4.41. The largest absolute Gasteiger partial charge is 0.378 e. The zero-order valence-corrected chi connectivity index (χ0v) is 3.16. The zero-order valence-electron chi connectivity index (χ0n) is 3.16. The van der Waals surface area contributed by atoms with Gasteiger partial charge in [0.1, 0.15) is 6.67 Å². The van der Waals surface area contributed by atoms with Crippen molar-refractivity contribution in [1.29, 1.82) is 0 Å². The molecule has 1 rings (SSSR count). The van der Waals surface area contributed by atoms with Gasteiger partial charge in [-0.3, -0.25) is 0 Å². The predicted molar refractivity (Wildman–Crippen MR) is 20.5 cm³/mol. The number of hydrogen-bond acceptors (Lipinski definition) is 4. The van der Waals surface area contributed by atoms with Crippen molar-refractivity contribution in [3.63, 3.8) is 0 Å². The monoisotopic (exact) mass is 87.0 g/mol. The van der Waals surface area contributed by atoms with Crippen LogP contribution in [0.2, 0.25) is 0 Å². The summed E-state index contributed by atoms with van der Waals surface area (Å²) in [6.07, 6.45) is 1.31. The van der Waals surface area contributed by atoms with E-state index in [1.54, 1.807) is 0 Å². The van der Waals surface area contributed by atoms with Crippen LogP contribution >= 0.6 is 0 Å². The fraction of sp³-hybridized carbons (Fsp3) is 0.500. The number of hydrogen-bond donors (Lipinski definition) is 1. The molecule has 2 N–H and O–H groups in total. The van der Waals surface area contributed by atoms with Crippen molar-refractivity contribution < 1.29 is 4.84 Å². The molecular formula is C2H5N3O. The second-order valence-corrected chi connectivity index (χ2v) is 0.952. The summed E-state index contributed by atoms with van der Waals surface area (Å²) in [5.41, 5.74) is 0. The molecule has 0 aromatic heterocycles. The smallest absolute Gasteiger partial charge is 0.200 e. The summed E-state index contributed by atoms with van der Waals surface area (Å²) in [6.45, 7) is 0.444. The molecule has 6 heavy (non-hydrogen) atoms. The molecule has 0 bridgehead atoms. The van der Waals surface area contributed by atoms with Crippen LogP contribution in [0, 0.1) is 0 Å². The van der Waals surface area contributed by atoms with Gasteiger partial charge in [-0.15, -0.1) is 0 Å². The van der Waals surface area contributed by atoms with Crippen molar-refractivity contribution in [3.8, 4) is 0 Å².